The number of halogens is 2. The molecule has 0 heterocycles. The fraction of sp³-hybridized carbons (Fsp3) is 0.462. The minimum absolute atomic E-state index is 0.219. The molecule has 0 saturated carbocycles. The summed E-state index contributed by atoms with van der Waals surface area (Å²) in [5.74, 6) is -1.84. The Kier molecular flexibility index (Phi) is 5.22. The van der Waals surface area contributed by atoms with Gasteiger partial charge in [-0.05, 0) is 24.5 Å². The molecule has 0 aliphatic rings. The van der Waals surface area contributed by atoms with E-state index in [-0.39, 0.29) is 18.2 Å². The number of benzene rings is 1. The third-order valence-electron chi connectivity index (χ3n) is 2.91. The lowest BCUT2D eigenvalue weighted by Crippen LogP contribution is -2.33. The second-order valence-electron chi connectivity index (χ2n) is 4.06. The molecule has 0 unspecified atom stereocenters. The highest BCUT2D eigenvalue weighted by molar-refractivity contribution is 5.77. The maximum Gasteiger partial charge on any atom is 0.249 e. The highest BCUT2D eigenvalue weighted by Gasteiger charge is 2.22. The van der Waals surface area contributed by atoms with Gasteiger partial charge in [-0.2, -0.15) is 0 Å². The fourth-order valence-electron chi connectivity index (χ4n) is 1.71. The van der Waals surface area contributed by atoms with Gasteiger partial charge in [0.05, 0.1) is 7.11 Å². The molecule has 0 aliphatic heterocycles. The predicted molar refractivity (Wildman–Crippen MR) is 63.6 cm³/mol. The molecule has 100 valence electrons. The average molecular weight is 257 g/mol. The molecule has 1 rings (SSSR count). The first-order valence-corrected chi connectivity index (χ1v) is 5.75. The number of rotatable bonds is 5. The minimum atomic E-state index is -0.624. The van der Waals surface area contributed by atoms with E-state index >= 15 is 0 Å². The van der Waals surface area contributed by atoms with Crippen molar-refractivity contribution in [2.75, 3.05) is 14.2 Å². The van der Waals surface area contributed by atoms with Crippen LogP contribution in [0.2, 0.25) is 0 Å². The molecule has 1 atom stereocenters. The Morgan fingerprint density at radius 1 is 1.44 bits per heavy atom. The van der Waals surface area contributed by atoms with Crippen LogP contribution in [-0.2, 0) is 16.1 Å². The number of amides is 1. The molecule has 0 aromatic heterocycles. The molecule has 0 radical (unpaired) electrons. The van der Waals surface area contributed by atoms with Crippen LogP contribution in [0.1, 0.15) is 18.9 Å². The molecular formula is C13H17F2NO2. The summed E-state index contributed by atoms with van der Waals surface area (Å²) in [7, 11) is 2.90. The van der Waals surface area contributed by atoms with Gasteiger partial charge in [-0.25, -0.2) is 13.8 Å². The van der Waals surface area contributed by atoms with Crippen molar-refractivity contribution in [1.29, 1.82) is 0 Å². The number of hydrogen-bond donors (Lipinski definition) is 0. The van der Waals surface area contributed by atoms with Gasteiger partial charge in [0.15, 0.2) is 0 Å². The Labute approximate surface area is 105 Å². The Balaban J connectivity index is 2.83. The van der Waals surface area contributed by atoms with Crippen LogP contribution in [-0.4, -0.2) is 25.1 Å². The molecule has 3 nitrogen and oxygen atoms in total. The van der Waals surface area contributed by atoms with Crippen molar-refractivity contribution in [3.63, 3.8) is 0 Å². The van der Waals surface area contributed by atoms with Crippen molar-refractivity contribution in [3.8, 4) is 0 Å². The van der Waals surface area contributed by atoms with Crippen molar-refractivity contribution in [2.45, 2.75) is 19.8 Å². The smallest absolute Gasteiger partial charge is 0.249 e. The average Bonchev–Trinajstić information content (AvgIpc) is 2.36. The summed E-state index contributed by atoms with van der Waals surface area (Å²) in [4.78, 5) is 16.7. The molecular weight excluding hydrogens is 240 g/mol. The van der Waals surface area contributed by atoms with Crippen molar-refractivity contribution < 1.29 is 18.4 Å². The van der Waals surface area contributed by atoms with Gasteiger partial charge in [-0.1, -0.05) is 13.0 Å². The van der Waals surface area contributed by atoms with Crippen LogP contribution < -0.4 is 0 Å². The van der Waals surface area contributed by atoms with Crippen molar-refractivity contribution in [3.05, 3.63) is 35.4 Å². The summed E-state index contributed by atoms with van der Waals surface area (Å²) in [6.45, 7) is 1.84. The lowest BCUT2D eigenvalue weighted by molar-refractivity contribution is -0.173. The molecule has 0 fully saturated rings. The van der Waals surface area contributed by atoms with Crippen LogP contribution in [0, 0.1) is 17.6 Å². The number of hydroxylamine groups is 2. The predicted octanol–water partition coefficient (Wildman–Crippen LogP) is 2.55. The molecule has 1 aromatic rings. The standard InChI is InChI=1S/C13H17F2NO2/c1-4-9(13(17)16(2)18-3)7-10-5-6-11(14)8-12(10)15/h5-6,8-9H,4,7H2,1-3H3/t9-/m0/s1. The zero-order chi connectivity index (χ0) is 13.7. The van der Waals surface area contributed by atoms with Crippen LogP contribution in [0.15, 0.2) is 18.2 Å². The lowest BCUT2D eigenvalue weighted by Gasteiger charge is -2.20. The first-order chi connectivity index (χ1) is 8.49. The molecule has 1 aromatic carbocycles. The minimum Gasteiger partial charge on any atom is -0.275 e. The summed E-state index contributed by atoms with van der Waals surface area (Å²) in [6, 6.07) is 3.38. The molecule has 1 amide bonds. The van der Waals surface area contributed by atoms with Crippen LogP contribution in [0.5, 0.6) is 0 Å². The molecule has 0 spiro atoms. The Hall–Kier alpha value is -1.49. The molecule has 5 heteroatoms. The van der Waals surface area contributed by atoms with Gasteiger partial charge in [0.25, 0.3) is 0 Å². The Morgan fingerprint density at radius 2 is 2.11 bits per heavy atom. The largest absolute Gasteiger partial charge is 0.275 e. The van der Waals surface area contributed by atoms with E-state index in [4.69, 9.17) is 4.84 Å². The van der Waals surface area contributed by atoms with Crippen molar-refractivity contribution >= 4 is 5.91 Å². The van der Waals surface area contributed by atoms with Crippen LogP contribution in [0.25, 0.3) is 0 Å². The monoisotopic (exact) mass is 257 g/mol. The Morgan fingerprint density at radius 3 is 2.61 bits per heavy atom. The Bertz CT molecular complexity index is 423. The summed E-state index contributed by atoms with van der Waals surface area (Å²) in [5, 5.41) is 1.12. The van der Waals surface area contributed by atoms with E-state index in [0.29, 0.717) is 12.0 Å². The molecule has 0 aliphatic carbocycles. The van der Waals surface area contributed by atoms with Gasteiger partial charge in [0.1, 0.15) is 11.6 Å². The second-order valence-corrected chi connectivity index (χ2v) is 4.06. The topological polar surface area (TPSA) is 29.5 Å². The van der Waals surface area contributed by atoms with Gasteiger partial charge >= 0.3 is 0 Å². The van der Waals surface area contributed by atoms with Crippen LogP contribution >= 0.6 is 0 Å². The summed E-state index contributed by atoms with van der Waals surface area (Å²) in [5.41, 5.74) is 0.334. The highest BCUT2D eigenvalue weighted by Crippen LogP contribution is 2.18. The zero-order valence-corrected chi connectivity index (χ0v) is 10.7. The normalized spacial score (nSPS) is 12.3. The maximum absolute atomic E-state index is 13.5. The first-order valence-electron chi connectivity index (χ1n) is 5.75. The van der Waals surface area contributed by atoms with Gasteiger partial charge in [0.2, 0.25) is 5.91 Å². The third-order valence-corrected chi connectivity index (χ3v) is 2.91. The first kappa shape index (κ1) is 14.6. The zero-order valence-electron chi connectivity index (χ0n) is 10.7. The van der Waals surface area contributed by atoms with E-state index in [9.17, 15) is 13.6 Å². The number of carbonyl (C=O) groups is 1. The molecule has 0 saturated heterocycles. The third kappa shape index (κ3) is 3.50. The number of carbonyl (C=O) groups excluding carboxylic acids is 1. The second kappa shape index (κ2) is 6.44. The summed E-state index contributed by atoms with van der Waals surface area (Å²) >= 11 is 0. The van der Waals surface area contributed by atoms with E-state index in [0.717, 1.165) is 11.1 Å². The van der Waals surface area contributed by atoms with E-state index < -0.39 is 11.6 Å². The fourth-order valence-corrected chi connectivity index (χ4v) is 1.71. The van der Waals surface area contributed by atoms with E-state index in [1.807, 2.05) is 6.92 Å². The van der Waals surface area contributed by atoms with E-state index in [1.54, 1.807) is 0 Å². The summed E-state index contributed by atoms with van der Waals surface area (Å²) < 4.78 is 26.3. The van der Waals surface area contributed by atoms with Gasteiger partial charge in [-0.15, -0.1) is 0 Å². The van der Waals surface area contributed by atoms with E-state index in [1.165, 1.54) is 26.3 Å². The van der Waals surface area contributed by atoms with Crippen molar-refractivity contribution in [2.24, 2.45) is 5.92 Å². The van der Waals surface area contributed by atoms with Gasteiger partial charge in [0, 0.05) is 19.0 Å². The van der Waals surface area contributed by atoms with Crippen LogP contribution in [0.4, 0.5) is 8.78 Å². The van der Waals surface area contributed by atoms with E-state index in [2.05, 4.69) is 0 Å². The maximum atomic E-state index is 13.5. The van der Waals surface area contributed by atoms with Gasteiger partial charge < -0.3 is 0 Å². The molecule has 18 heavy (non-hydrogen) atoms. The lowest BCUT2D eigenvalue weighted by atomic mass is 9.95. The van der Waals surface area contributed by atoms with Gasteiger partial charge in [-0.3, -0.25) is 9.63 Å². The van der Waals surface area contributed by atoms with Crippen LogP contribution in [0.3, 0.4) is 0 Å². The quantitative estimate of drug-likeness (QED) is 0.759. The molecule has 0 bridgehead atoms. The highest BCUT2D eigenvalue weighted by atomic mass is 19.1. The number of hydrogen-bond acceptors (Lipinski definition) is 2. The SMILES string of the molecule is CC[C@@H](Cc1ccc(F)cc1F)C(=O)N(C)OC. The van der Waals surface area contributed by atoms with Crippen molar-refractivity contribution in [1.82, 2.24) is 5.06 Å². The summed E-state index contributed by atoms with van der Waals surface area (Å²) in [6.07, 6.45) is 0.790. The number of nitrogens with zero attached hydrogens (tertiary/aromatic N) is 1. The molecule has 0 N–H and O–H groups in total.